The van der Waals surface area contributed by atoms with Gasteiger partial charge in [0, 0.05) is 16.6 Å². The Morgan fingerprint density at radius 2 is 1.77 bits per heavy atom. The van der Waals surface area contributed by atoms with Gasteiger partial charge in [0.2, 0.25) is 0 Å². The van der Waals surface area contributed by atoms with Gasteiger partial charge in [0.25, 0.3) is 0 Å². The molecule has 0 spiro atoms. The lowest BCUT2D eigenvalue weighted by Gasteiger charge is -2.44. The van der Waals surface area contributed by atoms with Crippen molar-refractivity contribution in [2.45, 2.75) is 44.2 Å². The van der Waals surface area contributed by atoms with Crippen LogP contribution in [0.1, 0.15) is 42.9 Å². The summed E-state index contributed by atoms with van der Waals surface area (Å²) < 4.78 is 5.84. The van der Waals surface area contributed by atoms with Gasteiger partial charge in [-0.1, -0.05) is 41.4 Å². The molecule has 3 aliphatic heterocycles. The van der Waals surface area contributed by atoms with Gasteiger partial charge in [-0.3, -0.25) is 4.90 Å². The first-order valence-electron chi connectivity index (χ1n) is 10.8. The number of benzene rings is 2. The molecule has 158 valence electrons. The van der Waals surface area contributed by atoms with E-state index in [4.69, 9.17) is 27.9 Å². The zero-order valence-electron chi connectivity index (χ0n) is 16.9. The summed E-state index contributed by atoms with van der Waals surface area (Å²) in [6, 6.07) is 12.0. The van der Waals surface area contributed by atoms with Gasteiger partial charge in [0.05, 0.1) is 6.04 Å². The van der Waals surface area contributed by atoms with Gasteiger partial charge in [-0.05, 0) is 91.6 Å². The van der Waals surface area contributed by atoms with E-state index in [9.17, 15) is 4.79 Å². The van der Waals surface area contributed by atoms with Crippen LogP contribution in [0.25, 0.3) is 11.1 Å². The molecule has 30 heavy (non-hydrogen) atoms. The average molecular weight is 445 g/mol. The standard InChI is InChI=1S/C24H26Cl2N2O2/c25-19-11-18(12-20(26)13-19)16-4-5-21-17(10-16)2-1-3-22(21)27-24(29)30-23-14-28-8-6-15(23)7-9-28/h4-5,10-13,15,22-23H,1-3,6-9,14H2,(H,27,29)/t22?,23-/m1/s1. The molecule has 2 aromatic carbocycles. The molecule has 1 aliphatic carbocycles. The Balaban J connectivity index is 1.30. The molecule has 6 rings (SSSR count). The van der Waals surface area contributed by atoms with Crippen LogP contribution in [-0.4, -0.2) is 36.7 Å². The van der Waals surface area contributed by atoms with Crippen LogP contribution >= 0.6 is 23.2 Å². The van der Waals surface area contributed by atoms with Crippen molar-refractivity contribution >= 4 is 29.3 Å². The Labute approximate surface area is 187 Å². The summed E-state index contributed by atoms with van der Waals surface area (Å²) in [5, 5.41) is 4.40. The van der Waals surface area contributed by atoms with E-state index < -0.39 is 0 Å². The van der Waals surface area contributed by atoms with Gasteiger partial charge in [0.15, 0.2) is 0 Å². The summed E-state index contributed by atoms with van der Waals surface area (Å²) in [4.78, 5) is 15.0. The summed E-state index contributed by atoms with van der Waals surface area (Å²) in [6.45, 7) is 3.16. The highest BCUT2D eigenvalue weighted by Crippen LogP contribution is 2.35. The van der Waals surface area contributed by atoms with Crippen LogP contribution in [-0.2, 0) is 11.2 Å². The lowest BCUT2D eigenvalue weighted by atomic mass is 9.85. The van der Waals surface area contributed by atoms with Crippen molar-refractivity contribution in [2.75, 3.05) is 19.6 Å². The topological polar surface area (TPSA) is 41.6 Å². The average Bonchev–Trinajstić information content (AvgIpc) is 2.74. The molecule has 2 bridgehead atoms. The van der Waals surface area contributed by atoms with Crippen LogP contribution in [0, 0.1) is 5.92 Å². The van der Waals surface area contributed by atoms with E-state index >= 15 is 0 Å². The van der Waals surface area contributed by atoms with E-state index in [1.54, 1.807) is 6.07 Å². The number of nitrogens with one attached hydrogen (secondary N) is 1. The second kappa shape index (κ2) is 8.41. The number of amides is 1. The number of carbonyl (C=O) groups is 1. The van der Waals surface area contributed by atoms with Crippen molar-refractivity contribution in [3.05, 3.63) is 57.6 Å². The van der Waals surface area contributed by atoms with Gasteiger partial charge in [0.1, 0.15) is 6.10 Å². The minimum Gasteiger partial charge on any atom is -0.445 e. The van der Waals surface area contributed by atoms with Gasteiger partial charge in [-0.25, -0.2) is 4.79 Å². The molecule has 3 heterocycles. The molecule has 2 atom stereocenters. The largest absolute Gasteiger partial charge is 0.445 e. The van der Waals surface area contributed by atoms with Crippen LogP contribution in [0.5, 0.6) is 0 Å². The van der Waals surface area contributed by atoms with Gasteiger partial charge >= 0.3 is 6.09 Å². The van der Waals surface area contributed by atoms with Crippen LogP contribution in [0.3, 0.4) is 0 Å². The van der Waals surface area contributed by atoms with Crippen molar-refractivity contribution in [2.24, 2.45) is 5.92 Å². The van der Waals surface area contributed by atoms with E-state index in [2.05, 4.69) is 28.4 Å². The summed E-state index contributed by atoms with van der Waals surface area (Å²) in [6.07, 6.45) is 5.01. The number of ether oxygens (including phenoxy) is 1. The first-order chi connectivity index (χ1) is 14.5. The Kier molecular flexibility index (Phi) is 5.65. The molecular weight excluding hydrogens is 419 g/mol. The smallest absolute Gasteiger partial charge is 0.407 e. The van der Waals surface area contributed by atoms with Crippen LogP contribution in [0.15, 0.2) is 36.4 Å². The molecule has 3 fully saturated rings. The molecule has 6 heteroatoms. The minimum atomic E-state index is -0.280. The fourth-order valence-electron chi connectivity index (χ4n) is 5.22. The van der Waals surface area contributed by atoms with E-state index in [1.165, 1.54) is 11.1 Å². The molecule has 1 unspecified atom stereocenters. The monoisotopic (exact) mass is 444 g/mol. The Bertz CT molecular complexity index is 936. The predicted molar refractivity (Wildman–Crippen MR) is 120 cm³/mol. The number of fused-ring (bicyclic) bond motifs is 4. The van der Waals surface area contributed by atoms with Crippen LogP contribution in [0.2, 0.25) is 10.0 Å². The van der Waals surface area contributed by atoms with Gasteiger partial charge in [-0.15, -0.1) is 0 Å². The van der Waals surface area contributed by atoms with Gasteiger partial charge in [-0.2, -0.15) is 0 Å². The molecule has 2 aromatic rings. The number of aryl methyl sites for hydroxylation is 1. The lowest BCUT2D eigenvalue weighted by molar-refractivity contribution is -0.0340. The molecule has 4 nitrogen and oxygen atoms in total. The Morgan fingerprint density at radius 3 is 2.47 bits per heavy atom. The number of halogens is 2. The van der Waals surface area contributed by atoms with Crippen molar-refractivity contribution in [1.29, 1.82) is 0 Å². The molecule has 0 saturated carbocycles. The Morgan fingerprint density at radius 1 is 1.00 bits per heavy atom. The summed E-state index contributed by atoms with van der Waals surface area (Å²) in [7, 11) is 0. The summed E-state index contributed by atoms with van der Waals surface area (Å²) in [5.74, 6) is 0.520. The van der Waals surface area contributed by atoms with Crippen molar-refractivity contribution in [1.82, 2.24) is 10.2 Å². The zero-order valence-corrected chi connectivity index (χ0v) is 18.4. The molecule has 3 saturated heterocycles. The van der Waals surface area contributed by atoms with Crippen molar-refractivity contribution in [3.8, 4) is 11.1 Å². The van der Waals surface area contributed by atoms with E-state index in [-0.39, 0.29) is 18.2 Å². The highest BCUT2D eigenvalue weighted by molar-refractivity contribution is 6.35. The van der Waals surface area contributed by atoms with E-state index in [0.717, 1.165) is 62.9 Å². The maximum Gasteiger partial charge on any atom is 0.407 e. The number of hydrogen-bond donors (Lipinski definition) is 1. The first kappa shape index (κ1) is 20.2. The number of alkyl carbamates (subject to hydrolysis) is 1. The third-order valence-electron chi connectivity index (χ3n) is 6.80. The quantitative estimate of drug-likeness (QED) is 0.644. The van der Waals surface area contributed by atoms with E-state index in [1.807, 2.05) is 12.1 Å². The number of piperidine rings is 3. The maximum absolute atomic E-state index is 12.6. The van der Waals surface area contributed by atoms with Crippen molar-refractivity contribution in [3.63, 3.8) is 0 Å². The molecule has 4 aliphatic rings. The number of hydrogen-bond acceptors (Lipinski definition) is 3. The molecular formula is C24H26Cl2N2O2. The summed E-state index contributed by atoms with van der Waals surface area (Å²) in [5.41, 5.74) is 4.55. The molecule has 1 N–H and O–H groups in total. The molecule has 1 amide bonds. The number of rotatable bonds is 3. The molecule has 0 aromatic heterocycles. The highest BCUT2D eigenvalue weighted by Gasteiger charge is 2.37. The Hall–Kier alpha value is -1.75. The summed E-state index contributed by atoms with van der Waals surface area (Å²) >= 11 is 12.4. The van der Waals surface area contributed by atoms with Crippen molar-refractivity contribution < 1.29 is 9.53 Å². The SMILES string of the molecule is O=C(NC1CCCc2cc(-c3cc(Cl)cc(Cl)c3)ccc21)O[C@@H]1CN2CCC1CC2. The third kappa shape index (κ3) is 4.18. The maximum atomic E-state index is 12.6. The fraction of sp³-hybridized carbons (Fsp3) is 0.458. The number of nitrogens with zero attached hydrogens (tertiary/aromatic N) is 1. The molecule has 0 radical (unpaired) electrons. The lowest BCUT2D eigenvalue weighted by Crippen LogP contribution is -2.52. The van der Waals surface area contributed by atoms with Crippen LogP contribution < -0.4 is 5.32 Å². The zero-order chi connectivity index (χ0) is 20.7. The van der Waals surface area contributed by atoms with Gasteiger partial charge < -0.3 is 10.1 Å². The third-order valence-corrected chi connectivity index (χ3v) is 7.24. The first-order valence-corrected chi connectivity index (χ1v) is 11.6. The van der Waals surface area contributed by atoms with E-state index in [0.29, 0.717) is 16.0 Å². The second-order valence-electron chi connectivity index (χ2n) is 8.74. The highest BCUT2D eigenvalue weighted by atomic mass is 35.5. The number of carbonyl (C=O) groups excluding carboxylic acids is 1. The van der Waals surface area contributed by atoms with Crippen LogP contribution in [0.4, 0.5) is 4.79 Å². The normalized spacial score (nSPS) is 27.4. The minimum absolute atomic E-state index is 0.000617. The fourth-order valence-corrected chi connectivity index (χ4v) is 5.75. The second-order valence-corrected chi connectivity index (χ2v) is 9.62. The predicted octanol–water partition coefficient (Wildman–Crippen LogP) is 5.86.